The Kier molecular flexibility index (Phi) is 2.72. The highest BCUT2D eigenvalue weighted by Crippen LogP contribution is 2.36. The summed E-state index contributed by atoms with van der Waals surface area (Å²) in [4.78, 5) is 11.8. The Bertz CT molecular complexity index is 392. The average molecular weight is 220 g/mol. The van der Waals surface area contributed by atoms with Crippen molar-refractivity contribution >= 4 is 5.78 Å². The second-order valence-corrected chi connectivity index (χ2v) is 4.67. The fraction of sp³-hybridized carbons (Fsp3) is 0.462. The maximum Gasteiger partial charge on any atom is 0.168 e. The summed E-state index contributed by atoms with van der Waals surface area (Å²) in [5.41, 5.74) is 0.554. The molecule has 16 heavy (non-hydrogen) atoms. The molecule has 0 bridgehead atoms. The summed E-state index contributed by atoms with van der Waals surface area (Å²) in [7, 11) is 1.62. The number of carbonyl (C=O) groups excluding carboxylic acids is 1. The third kappa shape index (κ3) is 2.09. The second kappa shape index (κ2) is 3.91. The van der Waals surface area contributed by atoms with E-state index in [0.717, 1.165) is 11.3 Å². The molecule has 0 saturated carbocycles. The van der Waals surface area contributed by atoms with Gasteiger partial charge in [0.15, 0.2) is 5.78 Å². The van der Waals surface area contributed by atoms with Crippen molar-refractivity contribution in [1.29, 1.82) is 0 Å². The molecule has 1 unspecified atom stereocenters. The van der Waals surface area contributed by atoms with Crippen LogP contribution in [0.15, 0.2) is 24.3 Å². The molecule has 1 saturated heterocycles. The SMILES string of the molecule is COc1ccc(C2OC(C)(C)CC2=O)cc1. The van der Waals surface area contributed by atoms with Gasteiger partial charge in [-0.3, -0.25) is 4.79 Å². The predicted octanol–water partition coefficient (Wildman–Crippen LogP) is 2.50. The molecular formula is C13H16O3. The van der Waals surface area contributed by atoms with Gasteiger partial charge >= 0.3 is 0 Å². The maximum atomic E-state index is 11.8. The van der Waals surface area contributed by atoms with Crippen LogP contribution in [0.25, 0.3) is 0 Å². The van der Waals surface area contributed by atoms with E-state index in [9.17, 15) is 4.79 Å². The van der Waals surface area contributed by atoms with Gasteiger partial charge in [-0.25, -0.2) is 0 Å². The molecule has 0 N–H and O–H groups in total. The first-order valence-electron chi connectivity index (χ1n) is 5.36. The number of methoxy groups -OCH3 is 1. The minimum atomic E-state index is -0.416. The van der Waals surface area contributed by atoms with E-state index in [1.54, 1.807) is 7.11 Å². The molecule has 1 aliphatic rings. The number of hydrogen-bond acceptors (Lipinski definition) is 3. The predicted molar refractivity (Wildman–Crippen MR) is 60.5 cm³/mol. The molecular weight excluding hydrogens is 204 g/mol. The standard InChI is InChI=1S/C13H16O3/c1-13(2)8-11(14)12(16-13)9-4-6-10(15-3)7-5-9/h4-7,12H,8H2,1-3H3. The minimum Gasteiger partial charge on any atom is -0.497 e. The lowest BCUT2D eigenvalue weighted by atomic mass is 10.0. The molecule has 0 aromatic heterocycles. The van der Waals surface area contributed by atoms with Crippen molar-refractivity contribution in [2.45, 2.75) is 32.0 Å². The maximum absolute atomic E-state index is 11.8. The largest absolute Gasteiger partial charge is 0.497 e. The molecule has 1 atom stereocenters. The van der Waals surface area contributed by atoms with Crippen molar-refractivity contribution in [3.63, 3.8) is 0 Å². The molecule has 2 rings (SSSR count). The van der Waals surface area contributed by atoms with E-state index in [4.69, 9.17) is 9.47 Å². The number of Topliss-reactive ketones (excluding diaryl/α,β-unsaturated/α-hetero) is 1. The Balaban J connectivity index is 2.21. The smallest absolute Gasteiger partial charge is 0.168 e. The van der Waals surface area contributed by atoms with E-state index >= 15 is 0 Å². The molecule has 3 nitrogen and oxygen atoms in total. The molecule has 86 valence electrons. The van der Waals surface area contributed by atoms with Crippen LogP contribution in [0.1, 0.15) is 31.9 Å². The minimum absolute atomic E-state index is 0.148. The molecule has 1 aromatic rings. The van der Waals surface area contributed by atoms with E-state index < -0.39 is 6.10 Å². The van der Waals surface area contributed by atoms with Gasteiger partial charge in [0.2, 0.25) is 0 Å². The molecule has 0 amide bonds. The highest BCUT2D eigenvalue weighted by molar-refractivity contribution is 5.87. The Hall–Kier alpha value is -1.35. The monoisotopic (exact) mass is 220 g/mol. The van der Waals surface area contributed by atoms with E-state index in [2.05, 4.69) is 0 Å². The van der Waals surface area contributed by atoms with Gasteiger partial charge in [0.05, 0.1) is 12.7 Å². The van der Waals surface area contributed by atoms with Crippen LogP contribution in [0.3, 0.4) is 0 Å². The van der Waals surface area contributed by atoms with Crippen LogP contribution in [0.4, 0.5) is 0 Å². The lowest BCUT2D eigenvalue weighted by molar-refractivity contribution is -0.123. The summed E-state index contributed by atoms with van der Waals surface area (Å²) in [5, 5.41) is 0. The van der Waals surface area contributed by atoms with Crippen LogP contribution >= 0.6 is 0 Å². The topological polar surface area (TPSA) is 35.5 Å². The normalized spacial score (nSPS) is 23.4. The first kappa shape index (κ1) is 11.1. The Morgan fingerprint density at radius 1 is 1.31 bits per heavy atom. The zero-order valence-electron chi connectivity index (χ0n) is 9.82. The van der Waals surface area contributed by atoms with Gasteiger partial charge in [0.25, 0.3) is 0 Å². The molecule has 1 heterocycles. The third-order valence-electron chi connectivity index (χ3n) is 2.75. The number of ether oxygens (including phenoxy) is 2. The molecule has 0 radical (unpaired) electrons. The van der Waals surface area contributed by atoms with Crippen LogP contribution in [-0.2, 0) is 9.53 Å². The van der Waals surface area contributed by atoms with Gasteiger partial charge in [-0.05, 0) is 31.5 Å². The molecule has 0 aliphatic carbocycles. The number of ketones is 1. The Labute approximate surface area is 95.4 Å². The summed E-state index contributed by atoms with van der Waals surface area (Å²) < 4.78 is 10.8. The van der Waals surface area contributed by atoms with Gasteiger partial charge < -0.3 is 9.47 Å². The average Bonchev–Trinajstić information content (AvgIpc) is 2.52. The molecule has 1 aromatic carbocycles. The summed E-state index contributed by atoms with van der Waals surface area (Å²) in [6.07, 6.45) is 0.0601. The van der Waals surface area contributed by atoms with Crippen molar-refractivity contribution in [3.05, 3.63) is 29.8 Å². The van der Waals surface area contributed by atoms with Crippen LogP contribution in [0.5, 0.6) is 5.75 Å². The molecule has 3 heteroatoms. The highest BCUT2D eigenvalue weighted by Gasteiger charge is 2.39. The molecule has 0 spiro atoms. The number of hydrogen-bond donors (Lipinski definition) is 0. The lowest BCUT2D eigenvalue weighted by Crippen LogP contribution is -2.17. The van der Waals surface area contributed by atoms with E-state index in [1.165, 1.54) is 0 Å². The summed E-state index contributed by atoms with van der Waals surface area (Å²) >= 11 is 0. The molecule has 1 aliphatic heterocycles. The van der Waals surface area contributed by atoms with Crippen LogP contribution in [0, 0.1) is 0 Å². The van der Waals surface area contributed by atoms with Crippen LogP contribution < -0.4 is 4.74 Å². The van der Waals surface area contributed by atoms with Gasteiger partial charge in [0, 0.05) is 6.42 Å². The van der Waals surface area contributed by atoms with Crippen molar-refractivity contribution < 1.29 is 14.3 Å². The zero-order valence-corrected chi connectivity index (χ0v) is 9.82. The fourth-order valence-electron chi connectivity index (χ4n) is 1.97. The van der Waals surface area contributed by atoms with Gasteiger partial charge in [-0.15, -0.1) is 0 Å². The third-order valence-corrected chi connectivity index (χ3v) is 2.75. The fourth-order valence-corrected chi connectivity index (χ4v) is 1.97. The Morgan fingerprint density at radius 3 is 2.38 bits per heavy atom. The number of carbonyl (C=O) groups is 1. The number of benzene rings is 1. The van der Waals surface area contributed by atoms with Crippen LogP contribution in [-0.4, -0.2) is 18.5 Å². The quantitative estimate of drug-likeness (QED) is 0.768. The van der Waals surface area contributed by atoms with E-state index in [-0.39, 0.29) is 11.4 Å². The summed E-state index contributed by atoms with van der Waals surface area (Å²) in [5.74, 6) is 0.934. The van der Waals surface area contributed by atoms with Crippen molar-refractivity contribution in [2.24, 2.45) is 0 Å². The second-order valence-electron chi connectivity index (χ2n) is 4.67. The van der Waals surface area contributed by atoms with Gasteiger partial charge in [-0.2, -0.15) is 0 Å². The van der Waals surface area contributed by atoms with Gasteiger partial charge in [-0.1, -0.05) is 12.1 Å². The Morgan fingerprint density at radius 2 is 1.94 bits per heavy atom. The highest BCUT2D eigenvalue weighted by atomic mass is 16.5. The summed E-state index contributed by atoms with van der Waals surface area (Å²) in [6, 6.07) is 7.44. The van der Waals surface area contributed by atoms with Crippen molar-refractivity contribution in [1.82, 2.24) is 0 Å². The van der Waals surface area contributed by atoms with Gasteiger partial charge in [0.1, 0.15) is 11.9 Å². The zero-order chi connectivity index (χ0) is 11.8. The molecule has 1 fully saturated rings. The van der Waals surface area contributed by atoms with Crippen molar-refractivity contribution in [3.8, 4) is 5.75 Å². The summed E-state index contributed by atoms with van der Waals surface area (Å²) in [6.45, 7) is 3.88. The van der Waals surface area contributed by atoms with Crippen LogP contribution in [0.2, 0.25) is 0 Å². The lowest BCUT2D eigenvalue weighted by Gasteiger charge is -2.17. The van der Waals surface area contributed by atoms with Crippen molar-refractivity contribution in [2.75, 3.05) is 7.11 Å². The first-order chi connectivity index (χ1) is 7.52. The first-order valence-corrected chi connectivity index (χ1v) is 5.36. The number of rotatable bonds is 2. The van der Waals surface area contributed by atoms with E-state index in [1.807, 2.05) is 38.1 Å². The van der Waals surface area contributed by atoms with E-state index in [0.29, 0.717) is 6.42 Å².